The lowest BCUT2D eigenvalue weighted by Crippen LogP contribution is -2.12. The maximum atomic E-state index is 11.2. The Hall–Kier alpha value is -2.20. The van der Waals surface area contributed by atoms with Crippen molar-refractivity contribution in [3.05, 3.63) is 47.5 Å². The molecule has 0 heterocycles. The van der Waals surface area contributed by atoms with Crippen molar-refractivity contribution >= 4 is 28.3 Å². The van der Waals surface area contributed by atoms with Crippen LogP contribution in [0.1, 0.15) is 6.92 Å². The molecule has 0 fully saturated rings. The summed E-state index contributed by atoms with van der Waals surface area (Å²) in [6.07, 6.45) is 0. The van der Waals surface area contributed by atoms with E-state index >= 15 is 0 Å². The second-order valence-electron chi connectivity index (χ2n) is 4.52. The van der Waals surface area contributed by atoms with Crippen LogP contribution < -0.4 is 4.74 Å². The SMILES string of the molecule is C=C(C)C(=O)OCCOc1c(Cl)cc(O)c2ccccc12. The highest BCUT2D eigenvalue weighted by atomic mass is 35.5. The number of carbonyl (C=O) groups excluding carboxylic acids is 1. The highest BCUT2D eigenvalue weighted by Gasteiger charge is 2.12. The fourth-order valence-electron chi connectivity index (χ4n) is 1.84. The minimum absolute atomic E-state index is 0.0941. The molecule has 2 aromatic carbocycles. The van der Waals surface area contributed by atoms with Crippen LogP contribution in [0.15, 0.2) is 42.5 Å². The third-order valence-electron chi connectivity index (χ3n) is 2.84. The first-order valence-corrected chi connectivity index (χ1v) is 6.74. The van der Waals surface area contributed by atoms with E-state index in [1.165, 1.54) is 6.07 Å². The maximum absolute atomic E-state index is 11.2. The molecule has 0 bridgehead atoms. The van der Waals surface area contributed by atoms with Gasteiger partial charge in [-0.3, -0.25) is 0 Å². The van der Waals surface area contributed by atoms with Gasteiger partial charge in [-0.1, -0.05) is 42.4 Å². The first-order valence-electron chi connectivity index (χ1n) is 6.36. The average molecular weight is 307 g/mol. The maximum Gasteiger partial charge on any atom is 0.333 e. The summed E-state index contributed by atoms with van der Waals surface area (Å²) in [4.78, 5) is 11.2. The predicted octanol–water partition coefficient (Wildman–Crippen LogP) is 3.70. The number of ether oxygens (including phenoxy) is 2. The standard InChI is InChI=1S/C16H15ClO4/c1-10(2)16(19)21-8-7-20-15-12-6-4-3-5-11(12)14(18)9-13(15)17/h3-6,9,18H,1,7-8H2,2H3. The minimum atomic E-state index is -0.458. The number of esters is 1. The highest BCUT2D eigenvalue weighted by Crippen LogP contribution is 2.38. The van der Waals surface area contributed by atoms with Crippen LogP contribution in [0.5, 0.6) is 11.5 Å². The average Bonchev–Trinajstić information content (AvgIpc) is 2.46. The van der Waals surface area contributed by atoms with Gasteiger partial charge in [0.25, 0.3) is 0 Å². The molecule has 21 heavy (non-hydrogen) atoms. The molecule has 0 aliphatic heterocycles. The number of fused-ring (bicyclic) bond motifs is 1. The zero-order valence-electron chi connectivity index (χ0n) is 11.6. The van der Waals surface area contributed by atoms with Crippen molar-refractivity contribution in [2.45, 2.75) is 6.92 Å². The molecule has 5 heteroatoms. The van der Waals surface area contributed by atoms with Gasteiger partial charge in [-0.15, -0.1) is 0 Å². The third-order valence-corrected chi connectivity index (χ3v) is 3.12. The molecule has 0 spiro atoms. The van der Waals surface area contributed by atoms with Crippen molar-refractivity contribution in [2.24, 2.45) is 0 Å². The minimum Gasteiger partial charge on any atom is -0.507 e. The topological polar surface area (TPSA) is 55.8 Å². The van der Waals surface area contributed by atoms with Gasteiger partial charge in [0.05, 0.1) is 5.02 Å². The number of aromatic hydroxyl groups is 1. The van der Waals surface area contributed by atoms with Crippen LogP contribution in [0, 0.1) is 0 Å². The summed E-state index contributed by atoms with van der Waals surface area (Å²) in [5.41, 5.74) is 0.336. The Bertz CT molecular complexity index is 694. The summed E-state index contributed by atoms with van der Waals surface area (Å²) in [6.45, 7) is 5.32. The van der Waals surface area contributed by atoms with E-state index in [1.807, 2.05) is 12.1 Å². The number of phenolic OH excluding ortho intramolecular Hbond substituents is 1. The van der Waals surface area contributed by atoms with Crippen LogP contribution in [-0.2, 0) is 9.53 Å². The Morgan fingerprint density at radius 2 is 1.95 bits per heavy atom. The van der Waals surface area contributed by atoms with Crippen LogP contribution in [0.4, 0.5) is 0 Å². The quantitative estimate of drug-likeness (QED) is 0.520. The summed E-state index contributed by atoms with van der Waals surface area (Å²) < 4.78 is 10.5. The van der Waals surface area contributed by atoms with Gasteiger partial charge < -0.3 is 14.6 Å². The number of carbonyl (C=O) groups is 1. The first kappa shape index (κ1) is 15.2. The monoisotopic (exact) mass is 306 g/mol. The van der Waals surface area contributed by atoms with Gasteiger partial charge in [0.15, 0.2) is 0 Å². The molecular weight excluding hydrogens is 292 g/mol. The van der Waals surface area contributed by atoms with Gasteiger partial charge in [-0.05, 0) is 6.92 Å². The van der Waals surface area contributed by atoms with Gasteiger partial charge in [0.2, 0.25) is 0 Å². The van der Waals surface area contributed by atoms with E-state index in [9.17, 15) is 9.90 Å². The number of halogens is 1. The second kappa shape index (κ2) is 6.50. The van der Waals surface area contributed by atoms with Crippen molar-refractivity contribution in [3.63, 3.8) is 0 Å². The van der Waals surface area contributed by atoms with Gasteiger partial charge in [0, 0.05) is 22.4 Å². The Kier molecular flexibility index (Phi) is 4.70. The summed E-state index contributed by atoms with van der Waals surface area (Å²) in [5.74, 6) is 0.0911. The van der Waals surface area contributed by atoms with Crippen LogP contribution >= 0.6 is 11.6 Å². The molecule has 1 N–H and O–H groups in total. The van der Waals surface area contributed by atoms with E-state index in [1.54, 1.807) is 19.1 Å². The van der Waals surface area contributed by atoms with Crippen LogP contribution in [0.25, 0.3) is 10.8 Å². The normalized spacial score (nSPS) is 10.4. The van der Waals surface area contributed by atoms with E-state index in [0.29, 0.717) is 27.1 Å². The number of rotatable bonds is 5. The number of phenols is 1. The predicted molar refractivity (Wildman–Crippen MR) is 81.9 cm³/mol. The van der Waals surface area contributed by atoms with E-state index in [4.69, 9.17) is 21.1 Å². The van der Waals surface area contributed by atoms with Gasteiger partial charge >= 0.3 is 5.97 Å². The smallest absolute Gasteiger partial charge is 0.333 e. The molecule has 0 saturated heterocycles. The molecule has 4 nitrogen and oxygen atoms in total. The molecule has 0 saturated carbocycles. The molecule has 0 atom stereocenters. The summed E-state index contributed by atoms with van der Waals surface area (Å²) in [6, 6.07) is 8.64. The zero-order chi connectivity index (χ0) is 15.4. The van der Waals surface area contributed by atoms with Crippen molar-refractivity contribution < 1.29 is 19.4 Å². The van der Waals surface area contributed by atoms with E-state index in [-0.39, 0.29) is 19.0 Å². The van der Waals surface area contributed by atoms with Crippen molar-refractivity contribution in [1.82, 2.24) is 0 Å². The molecule has 2 rings (SSSR count). The van der Waals surface area contributed by atoms with Gasteiger partial charge in [-0.25, -0.2) is 4.79 Å². The van der Waals surface area contributed by atoms with E-state index in [2.05, 4.69) is 6.58 Å². The Balaban J connectivity index is 2.12. The number of hydrogen-bond acceptors (Lipinski definition) is 4. The second-order valence-corrected chi connectivity index (χ2v) is 4.92. The van der Waals surface area contributed by atoms with Crippen LogP contribution in [-0.4, -0.2) is 24.3 Å². The lowest BCUT2D eigenvalue weighted by atomic mass is 10.1. The van der Waals surface area contributed by atoms with Crippen LogP contribution in [0.2, 0.25) is 5.02 Å². The molecule has 2 aromatic rings. The van der Waals surface area contributed by atoms with Gasteiger partial charge in [0.1, 0.15) is 24.7 Å². The van der Waals surface area contributed by atoms with Gasteiger partial charge in [-0.2, -0.15) is 0 Å². The van der Waals surface area contributed by atoms with E-state index in [0.717, 1.165) is 0 Å². The Morgan fingerprint density at radius 3 is 2.62 bits per heavy atom. The largest absolute Gasteiger partial charge is 0.507 e. The molecule has 0 amide bonds. The molecule has 0 aliphatic rings. The Labute approximate surface area is 127 Å². The molecule has 110 valence electrons. The third kappa shape index (κ3) is 3.47. The fraction of sp³-hybridized carbons (Fsp3) is 0.188. The Morgan fingerprint density at radius 1 is 1.29 bits per heavy atom. The highest BCUT2D eigenvalue weighted by molar-refractivity contribution is 6.33. The molecule has 0 aromatic heterocycles. The zero-order valence-corrected chi connectivity index (χ0v) is 12.3. The summed E-state index contributed by atoms with van der Waals surface area (Å²) in [5, 5.41) is 11.5. The molecule has 0 unspecified atom stereocenters. The number of hydrogen-bond donors (Lipinski definition) is 1. The summed E-state index contributed by atoms with van der Waals surface area (Å²) in [7, 11) is 0. The van der Waals surface area contributed by atoms with Crippen molar-refractivity contribution in [2.75, 3.05) is 13.2 Å². The molecule has 0 aliphatic carbocycles. The lowest BCUT2D eigenvalue weighted by Gasteiger charge is -2.12. The lowest BCUT2D eigenvalue weighted by molar-refractivity contribution is -0.139. The molecular formula is C16H15ClO4. The van der Waals surface area contributed by atoms with Crippen LogP contribution in [0.3, 0.4) is 0 Å². The molecule has 0 radical (unpaired) electrons. The summed E-state index contributed by atoms with van der Waals surface area (Å²) >= 11 is 6.09. The van der Waals surface area contributed by atoms with E-state index < -0.39 is 5.97 Å². The fourth-order valence-corrected chi connectivity index (χ4v) is 2.10. The van der Waals surface area contributed by atoms with Crippen molar-refractivity contribution in [1.29, 1.82) is 0 Å². The first-order chi connectivity index (χ1) is 10.0. The number of benzene rings is 2. The van der Waals surface area contributed by atoms with Crippen molar-refractivity contribution in [3.8, 4) is 11.5 Å².